The summed E-state index contributed by atoms with van der Waals surface area (Å²) in [5.74, 6) is 0.975. The number of ether oxygens (including phenoxy) is 2. The van der Waals surface area contributed by atoms with Crippen molar-refractivity contribution < 1.29 is 19.1 Å². The van der Waals surface area contributed by atoms with Gasteiger partial charge in [0.05, 0.1) is 0 Å². The van der Waals surface area contributed by atoms with E-state index in [0.717, 1.165) is 46.7 Å². The lowest BCUT2D eigenvalue weighted by atomic mass is 9.86. The standard InChI is InChI=1S/C24H24O4/c1-12(2)23(25)27-21-17-9-6-14(5)10-18(17)22(28-24(26)13(3)4)20-16-8-7-15(11-16)19(20)21/h6,9-10,15-16H,1,3,7-8,11H2,2,4-5H3. The Balaban J connectivity index is 2.02. The fourth-order valence-electron chi connectivity index (χ4n) is 4.47. The number of esters is 2. The first-order valence-electron chi connectivity index (χ1n) is 9.63. The first kappa shape index (κ1) is 18.5. The zero-order valence-corrected chi connectivity index (χ0v) is 16.6. The van der Waals surface area contributed by atoms with Crippen molar-refractivity contribution in [2.75, 3.05) is 0 Å². The van der Waals surface area contributed by atoms with Gasteiger partial charge in [0.25, 0.3) is 0 Å². The van der Waals surface area contributed by atoms with Crippen LogP contribution in [0.2, 0.25) is 0 Å². The number of aryl methyl sites for hydroxylation is 1. The van der Waals surface area contributed by atoms with Gasteiger partial charge in [-0.3, -0.25) is 0 Å². The zero-order chi connectivity index (χ0) is 20.2. The minimum Gasteiger partial charge on any atom is -0.422 e. The molecule has 0 heterocycles. The number of hydrogen-bond donors (Lipinski definition) is 0. The maximum Gasteiger partial charge on any atom is 0.338 e. The number of carbonyl (C=O) groups excluding carboxylic acids is 2. The summed E-state index contributed by atoms with van der Waals surface area (Å²) in [5, 5.41) is 1.58. The average molecular weight is 376 g/mol. The minimum absolute atomic E-state index is 0.320. The quantitative estimate of drug-likeness (QED) is 0.403. The molecule has 0 aliphatic heterocycles. The fourth-order valence-corrected chi connectivity index (χ4v) is 4.47. The Morgan fingerprint density at radius 3 is 1.89 bits per heavy atom. The zero-order valence-electron chi connectivity index (χ0n) is 16.6. The van der Waals surface area contributed by atoms with E-state index in [2.05, 4.69) is 13.2 Å². The van der Waals surface area contributed by atoms with Crippen molar-refractivity contribution in [1.29, 1.82) is 0 Å². The molecule has 144 valence electrons. The lowest BCUT2D eigenvalue weighted by Gasteiger charge is -2.24. The van der Waals surface area contributed by atoms with Crippen molar-refractivity contribution >= 4 is 22.7 Å². The van der Waals surface area contributed by atoms with E-state index in [9.17, 15) is 9.59 Å². The highest BCUT2D eigenvalue weighted by molar-refractivity contribution is 6.02. The molecule has 2 unspecified atom stereocenters. The molecule has 4 nitrogen and oxygen atoms in total. The van der Waals surface area contributed by atoms with Crippen molar-refractivity contribution in [2.45, 2.75) is 51.9 Å². The minimum atomic E-state index is -0.432. The van der Waals surface area contributed by atoms with Crippen molar-refractivity contribution in [3.05, 3.63) is 59.2 Å². The smallest absolute Gasteiger partial charge is 0.338 e. The Bertz CT molecular complexity index is 1060. The molecule has 0 radical (unpaired) electrons. The molecular formula is C24H24O4. The highest BCUT2D eigenvalue weighted by atomic mass is 16.5. The van der Waals surface area contributed by atoms with Gasteiger partial charge in [0.1, 0.15) is 11.5 Å². The van der Waals surface area contributed by atoms with Gasteiger partial charge in [0.15, 0.2) is 0 Å². The highest BCUT2D eigenvalue weighted by Crippen LogP contribution is 2.61. The molecule has 2 aromatic rings. The molecule has 0 saturated heterocycles. The molecule has 28 heavy (non-hydrogen) atoms. The predicted octanol–water partition coefficient (Wildman–Crippen LogP) is 5.48. The van der Waals surface area contributed by atoms with Gasteiger partial charge in [-0.05, 0) is 57.9 Å². The summed E-state index contributed by atoms with van der Waals surface area (Å²) in [4.78, 5) is 24.7. The number of rotatable bonds is 4. The number of benzene rings is 2. The van der Waals surface area contributed by atoms with Crippen LogP contribution in [0.15, 0.2) is 42.5 Å². The van der Waals surface area contributed by atoms with E-state index in [4.69, 9.17) is 9.47 Å². The second kappa shape index (κ2) is 6.62. The van der Waals surface area contributed by atoms with Crippen LogP contribution in [-0.4, -0.2) is 11.9 Å². The maximum atomic E-state index is 12.4. The van der Waals surface area contributed by atoms with E-state index in [1.54, 1.807) is 13.8 Å². The van der Waals surface area contributed by atoms with Gasteiger partial charge in [-0.1, -0.05) is 30.9 Å². The molecule has 2 aliphatic rings. The van der Waals surface area contributed by atoms with Crippen molar-refractivity contribution in [3.8, 4) is 11.5 Å². The summed E-state index contributed by atoms with van der Waals surface area (Å²) in [5.41, 5.74) is 3.80. The van der Waals surface area contributed by atoms with E-state index >= 15 is 0 Å². The van der Waals surface area contributed by atoms with Gasteiger partial charge in [0, 0.05) is 33.0 Å². The van der Waals surface area contributed by atoms with Crippen LogP contribution in [0.25, 0.3) is 10.8 Å². The SMILES string of the molecule is C=C(C)C(=O)Oc1c2c(c(OC(=O)C(=C)C)c3cc(C)ccc13)C1CCC2C1. The molecule has 0 spiro atoms. The van der Waals surface area contributed by atoms with Gasteiger partial charge < -0.3 is 9.47 Å². The van der Waals surface area contributed by atoms with Gasteiger partial charge in [-0.2, -0.15) is 0 Å². The topological polar surface area (TPSA) is 52.6 Å². The number of fused-ring (bicyclic) bond motifs is 6. The molecule has 1 fully saturated rings. The molecule has 0 aromatic heterocycles. The number of hydrogen-bond acceptors (Lipinski definition) is 4. The average Bonchev–Trinajstić information content (AvgIpc) is 3.25. The van der Waals surface area contributed by atoms with Crippen LogP contribution in [0, 0.1) is 6.92 Å². The molecule has 4 heteroatoms. The van der Waals surface area contributed by atoms with Crippen LogP contribution in [0.4, 0.5) is 0 Å². The largest absolute Gasteiger partial charge is 0.422 e. The van der Waals surface area contributed by atoms with Gasteiger partial charge >= 0.3 is 11.9 Å². The second-order valence-corrected chi connectivity index (χ2v) is 8.08. The maximum absolute atomic E-state index is 12.4. The monoisotopic (exact) mass is 376 g/mol. The Morgan fingerprint density at radius 2 is 1.39 bits per heavy atom. The summed E-state index contributed by atoms with van der Waals surface area (Å²) >= 11 is 0. The van der Waals surface area contributed by atoms with Crippen molar-refractivity contribution in [1.82, 2.24) is 0 Å². The summed E-state index contributed by atoms with van der Waals surface area (Å²) in [7, 11) is 0. The third kappa shape index (κ3) is 2.84. The summed E-state index contributed by atoms with van der Waals surface area (Å²) in [6, 6.07) is 5.90. The van der Waals surface area contributed by atoms with Gasteiger partial charge in [-0.25, -0.2) is 9.59 Å². The molecule has 1 saturated carbocycles. The second-order valence-electron chi connectivity index (χ2n) is 8.08. The molecule has 2 aliphatic carbocycles. The Hall–Kier alpha value is -2.88. The Morgan fingerprint density at radius 1 is 0.893 bits per heavy atom. The molecular weight excluding hydrogens is 352 g/mol. The molecule has 2 bridgehead atoms. The third-order valence-corrected chi connectivity index (χ3v) is 5.78. The molecule has 2 atom stereocenters. The lowest BCUT2D eigenvalue weighted by Crippen LogP contribution is -2.15. The Labute approximate surface area is 164 Å². The van der Waals surface area contributed by atoms with E-state index in [-0.39, 0.29) is 0 Å². The Kier molecular flexibility index (Phi) is 4.37. The third-order valence-electron chi connectivity index (χ3n) is 5.78. The van der Waals surface area contributed by atoms with Crippen LogP contribution in [0.5, 0.6) is 11.5 Å². The molecule has 2 aromatic carbocycles. The first-order valence-corrected chi connectivity index (χ1v) is 9.63. The fraction of sp³-hybridized carbons (Fsp3) is 0.333. The summed E-state index contributed by atoms with van der Waals surface area (Å²) in [6.07, 6.45) is 3.11. The first-order chi connectivity index (χ1) is 13.3. The van der Waals surface area contributed by atoms with E-state index in [1.807, 2.05) is 25.1 Å². The van der Waals surface area contributed by atoms with Crippen LogP contribution in [0.1, 0.15) is 61.6 Å². The van der Waals surface area contributed by atoms with Gasteiger partial charge in [-0.15, -0.1) is 0 Å². The lowest BCUT2D eigenvalue weighted by molar-refractivity contribution is -0.131. The highest BCUT2D eigenvalue weighted by Gasteiger charge is 2.43. The van der Waals surface area contributed by atoms with Crippen molar-refractivity contribution in [2.24, 2.45) is 0 Å². The van der Waals surface area contributed by atoms with Crippen LogP contribution in [-0.2, 0) is 9.59 Å². The normalized spacial score (nSPS) is 19.4. The summed E-state index contributed by atoms with van der Waals surface area (Å²) in [6.45, 7) is 12.7. The number of carbonyl (C=O) groups is 2. The van der Waals surface area contributed by atoms with E-state index in [0.29, 0.717) is 34.5 Å². The van der Waals surface area contributed by atoms with Crippen LogP contribution >= 0.6 is 0 Å². The van der Waals surface area contributed by atoms with Crippen LogP contribution < -0.4 is 9.47 Å². The van der Waals surface area contributed by atoms with E-state index < -0.39 is 11.9 Å². The van der Waals surface area contributed by atoms with E-state index in [1.165, 1.54) is 0 Å². The van der Waals surface area contributed by atoms with Crippen molar-refractivity contribution in [3.63, 3.8) is 0 Å². The molecule has 0 N–H and O–H groups in total. The van der Waals surface area contributed by atoms with Gasteiger partial charge in [0.2, 0.25) is 0 Å². The summed E-state index contributed by atoms with van der Waals surface area (Å²) < 4.78 is 11.7. The van der Waals surface area contributed by atoms with Crippen LogP contribution in [0.3, 0.4) is 0 Å². The molecule has 0 amide bonds. The predicted molar refractivity (Wildman–Crippen MR) is 109 cm³/mol. The molecule has 4 rings (SSSR count).